The number of hydrogen-bond acceptors (Lipinski definition) is 3. The van der Waals surface area contributed by atoms with Gasteiger partial charge in [0.1, 0.15) is 0 Å². The molecule has 2 rings (SSSR count). The third-order valence-electron chi connectivity index (χ3n) is 2.55. The van der Waals surface area contributed by atoms with Gasteiger partial charge in [-0.3, -0.25) is 20.4 Å². The van der Waals surface area contributed by atoms with Gasteiger partial charge >= 0.3 is 0 Å². The lowest BCUT2D eigenvalue weighted by Gasteiger charge is -2.05. The van der Waals surface area contributed by atoms with Crippen LogP contribution in [0.15, 0.2) is 71.0 Å². The van der Waals surface area contributed by atoms with Gasteiger partial charge in [-0.15, -0.1) is 0 Å². The summed E-state index contributed by atoms with van der Waals surface area (Å²) in [5.74, 6) is -0.848. The van der Waals surface area contributed by atoms with Gasteiger partial charge < -0.3 is 0 Å². The molecule has 2 aromatic rings. The third-order valence-corrected chi connectivity index (χ3v) is 3.60. The molecule has 0 atom stereocenters. The second-order valence-electron chi connectivity index (χ2n) is 4.19. The van der Waals surface area contributed by atoms with Crippen molar-refractivity contribution in [2.24, 2.45) is 0 Å². The fraction of sp³-hybridized carbons (Fsp3) is 0. The monoisotopic (exact) mass is 332 g/mol. The van der Waals surface area contributed by atoms with Crippen LogP contribution in [0.3, 0.4) is 0 Å². The molecule has 0 bridgehead atoms. The van der Waals surface area contributed by atoms with E-state index in [-0.39, 0.29) is 0 Å². The maximum absolute atomic E-state index is 11.8. The van der Waals surface area contributed by atoms with Crippen molar-refractivity contribution in [2.45, 2.75) is 4.90 Å². The number of nitrogens with one attached hydrogen (secondary N) is 2. The van der Waals surface area contributed by atoms with Crippen molar-refractivity contribution in [2.75, 3.05) is 0 Å². The number of carbonyl (C=O) groups is 2. The highest BCUT2D eigenvalue weighted by Crippen LogP contribution is 2.17. The number of halogens is 1. The Labute approximate surface area is 137 Å². The van der Waals surface area contributed by atoms with E-state index >= 15 is 0 Å². The molecule has 4 nitrogen and oxygen atoms in total. The van der Waals surface area contributed by atoms with E-state index in [1.165, 1.54) is 23.9 Å². The number of thioether (sulfide) groups is 1. The third kappa shape index (κ3) is 5.27. The molecule has 2 amide bonds. The Balaban J connectivity index is 1.79. The first-order valence-electron chi connectivity index (χ1n) is 6.39. The van der Waals surface area contributed by atoms with Crippen molar-refractivity contribution in [1.29, 1.82) is 0 Å². The SMILES string of the molecule is O=C(/C=C/Sc1ccccc1)NNC(=O)c1cccc(Cl)c1. The van der Waals surface area contributed by atoms with Gasteiger partial charge in [-0.25, -0.2) is 0 Å². The predicted molar refractivity (Wildman–Crippen MR) is 88.5 cm³/mol. The van der Waals surface area contributed by atoms with Crippen LogP contribution in [-0.4, -0.2) is 11.8 Å². The molecule has 0 fully saturated rings. The Kier molecular flexibility index (Phi) is 6.06. The van der Waals surface area contributed by atoms with Crippen LogP contribution in [0.2, 0.25) is 5.02 Å². The highest BCUT2D eigenvalue weighted by Gasteiger charge is 2.06. The Morgan fingerprint density at radius 1 is 1.00 bits per heavy atom. The Morgan fingerprint density at radius 3 is 2.50 bits per heavy atom. The smallest absolute Gasteiger partial charge is 0.268 e. The summed E-state index contributed by atoms with van der Waals surface area (Å²) in [5.41, 5.74) is 4.99. The Morgan fingerprint density at radius 2 is 1.77 bits per heavy atom. The summed E-state index contributed by atoms with van der Waals surface area (Å²) >= 11 is 7.21. The fourth-order valence-electron chi connectivity index (χ4n) is 1.54. The van der Waals surface area contributed by atoms with Gasteiger partial charge in [0, 0.05) is 21.6 Å². The van der Waals surface area contributed by atoms with Gasteiger partial charge in [0.2, 0.25) is 0 Å². The van der Waals surface area contributed by atoms with Gasteiger partial charge in [-0.1, -0.05) is 47.6 Å². The van der Waals surface area contributed by atoms with Gasteiger partial charge in [0.25, 0.3) is 11.8 Å². The zero-order chi connectivity index (χ0) is 15.8. The minimum absolute atomic E-state index is 0.371. The summed E-state index contributed by atoms with van der Waals surface area (Å²) in [6.45, 7) is 0. The van der Waals surface area contributed by atoms with E-state index in [9.17, 15) is 9.59 Å². The van der Waals surface area contributed by atoms with Crippen molar-refractivity contribution in [1.82, 2.24) is 10.9 Å². The van der Waals surface area contributed by atoms with E-state index in [1.807, 2.05) is 30.3 Å². The second-order valence-corrected chi connectivity index (χ2v) is 5.60. The molecule has 0 spiro atoms. The number of benzene rings is 2. The lowest BCUT2D eigenvalue weighted by atomic mass is 10.2. The normalized spacial score (nSPS) is 10.4. The zero-order valence-electron chi connectivity index (χ0n) is 11.5. The molecule has 0 aliphatic rings. The van der Waals surface area contributed by atoms with Crippen molar-refractivity contribution >= 4 is 35.2 Å². The zero-order valence-corrected chi connectivity index (χ0v) is 13.0. The lowest BCUT2D eigenvalue weighted by Crippen LogP contribution is -2.40. The molecule has 0 aromatic heterocycles. The van der Waals surface area contributed by atoms with Crippen LogP contribution in [0, 0.1) is 0 Å². The first kappa shape index (κ1) is 16.1. The van der Waals surface area contributed by atoms with E-state index in [0.29, 0.717) is 10.6 Å². The van der Waals surface area contributed by atoms with Crippen LogP contribution in [-0.2, 0) is 4.79 Å². The molecule has 112 valence electrons. The molecule has 0 unspecified atom stereocenters. The van der Waals surface area contributed by atoms with Crippen molar-refractivity contribution < 1.29 is 9.59 Å². The summed E-state index contributed by atoms with van der Waals surface area (Å²) < 4.78 is 0. The number of hydrogen-bond donors (Lipinski definition) is 2. The molecule has 0 aliphatic heterocycles. The fourth-order valence-corrected chi connectivity index (χ4v) is 2.39. The molecule has 0 radical (unpaired) electrons. The van der Waals surface area contributed by atoms with Crippen LogP contribution >= 0.6 is 23.4 Å². The van der Waals surface area contributed by atoms with Gasteiger partial charge in [0.15, 0.2) is 0 Å². The quantitative estimate of drug-likeness (QED) is 0.512. The summed E-state index contributed by atoms with van der Waals surface area (Å²) in [7, 11) is 0. The molecule has 2 N–H and O–H groups in total. The summed E-state index contributed by atoms with van der Waals surface area (Å²) in [6, 6.07) is 16.1. The Hall–Kier alpha value is -2.24. The maximum atomic E-state index is 11.8. The highest BCUT2D eigenvalue weighted by atomic mass is 35.5. The molecular formula is C16H13ClN2O2S. The van der Waals surface area contributed by atoms with Gasteiger partial charge in [0.05, 0.1) is 0 Å². The number of rotatable bonds is 4. The van der Waals surface area contributed by atoms with Crippen LogP contribution in [0.4, 0.5) is 0 Å². The predicted octanol–water partition coefficient (Wildman–Crippen LogP) is 3.41. The molecule has 0 saturated heterocycles. The molecule has 0 aliphatic carbocycles. The molecule has 0 saturated carbocycles. The van der Waals surface area contributed by atoms with Crippen LogP contribution in [0.1, 0.15) is 10.4 Å². The number of amides is 2. The van der Waals surface area contributed by atoms with Crippen LogP contribution in [0.5, 0.6) is 0 Å². The molecule has 2 aromatic carbocycles. The van der Waals surface area contributed by atoms with Crippen molar-refractivity contribution in [3.05, 3.63) is 76.7 Å². The van der Waals surface area contributed by atoms with E-state index in [4.69, 9.17) is 11.6 Å². The number of carbonyl (C=O) groups excluding carboxylic acids is 2. The highest BCUT2D eigenvalue weighted by molar-refractivity contribution is 8.02. The van der Waals surface area contributed by atoms with Crippen LogP contribution in [0.25, 0.3) is 0 Å². The average molecular weight is 333 g/mol. The first-order valence-corrected chi connectivity index (χ1v) is 7.65. The van der Waals surface area contributed by atoms with E-state index in [0.717, 1.165) is 4.90 Å². The largest absolute Gasteiger partial charge is 0.269 e. The average Bonchev–Trinajstić information content (AvgIpc) is 2.53. The Bertz CT molecular complexity index is 690. The topological polar surface area (TPSA) is 58.2 Å². The standard InChI is InChI=1S/C16H13ClN2O2S/c17-13-6-4-5-12(11-13)16(21)19-18-15(20)9-10-22-14-7-2-1-3-8-14/h1-11H,(H,18,20)(H,19,21)/b10-9+. The molecule has 22 heavy (non-hydrogen) atoms. The molecular weight excluding hydrogens is 320 g/mol. The second kappa shape index (κ2) is 8.26. The van der Waals surface area contributed by atoms with Crippen molar-refractivity contribution in [3.63, 3.8) is 0 Å². The molecule has 6 heteroatoms. The number of hydrazine groups is 1. The van der Waals surface area contributed by atoms with Gasteiger partial charge in [-0.05, 0) is 35.7 Å². The summed E-state index contributed by atoms with van der Waals surface area (Å²) in [5, 5.41) is 2.11. The minimum Gasteiger partial charge on any atom is -0.268 e. The van der Waals surface area contributed by atoms with Crippen molar-refractivity contribution in [3.8, 4) is 0 Å². The van der Waals surface area contributed by atoms with E-state index < -0.39 is 11.8 Å². The van der Waals surface area contributed by atoms with E-state index in [2.05, 4.69) is 10.9 Å². The maximum Gasteiger partial charge on any atom is 0.269 e. The van der Waals surface area contributed by atoms with Crippen LogP contribution < -0.4 is 10.9 Å². The van der Waals surface area contributed by atoms with Gasteiger partial charge in [-0.2, -0.15) is 0 Å². The lowest BCUT2D eigenvalue weighted by molar-refractivity contribution is -0.117. The summed E-state index contributed by atoms with van der Waals surface area (Å²) in [4.78, 5) is 24.4. The molecule has 0 heterocycles. The first-order chi connectivity index (χ1) is 10.6. The minimum atomic E-state index is -0.431. The van der Waals surface area contributed by atoms with E-state index in [1.54, 1.807) is 23.6 Å². The summed E-state index contributed by atoms with van der Waals surface area (Å²) in [6.07, 6.45) is 1.34.